The quantitative estimate of drug-likeness (QED) is 0.308. The lowest BCUT2D eigenvalue weighted by Gasteiger charge is -2.41. The normalized spacial score (nSPS) is 21.2. The molecule has 0 spiro atoms. The highest BCUT2D eigenvalue weighted by atomic mass is 16.7. The van der Waals surface area contributed by atoms with Gasteiger partial charge in [0.2, 0.25) is 18.6 Å². The van der Waals surface area contributed by atoms with E-state index >= 15 is 0 Å². The number of aliphatic hydroxyl groups excluding tert-OH is 2. The summed E-state index contributed by atoms with van der Waals surface area (Å²) in [6.45, 7) is 1.29. The minimum Gasteiger partial charge on any atom is -0.493 e. The second kappa shape index (κ2) is 12.8. The molecule has 3 aliphatic rings. The molecule has 0 saturated carbocycles. The first-order valence-corrected chi connectivity index (χ1v) is 14.1. The Labute approximate surface area is 248 Å². The number of carbonyl (C=O) groups excluding carboxylic acids is 4. The Hall–Kier alpha value is -4.42. The second-order valence-corrected chi connectivity index (χ2v) is 10.7. The number of benzene rings is 2. The Morgan fingerprint density at radius 2 is 1.93 bits per heavy atom. The maximum absolute atomic E-state index is 13.7. The van der Waals surface area contributed by atoms with Gasteiger partial charge in [-0.1, -0.05) is 6.07 Å². The third kappa shape index (κ3) is 6.06. The molecular weight excluding hydrogens is 560 g/mol. The van der Waals surface area contributed by atoms with Gasteiger partial charge in [0.15, 0.2) is 23.0 Å². The molecule has 4 atom stereocenters. The Morgan fingerprint density at radius 3 is 2.65 bits per heavy atom. The van der Waals surface area contributed by atoms with E-state index in [4.69, 9.17) is 18.9 Å². The van der Waals surface area contributed by atoms with E-state index in [2.05, 4.69) is 5.32 Å². The number of carbonyl (C=O) groups is 4. The van der Waals surface area contributed by atoms with E-state index in [1.54, 1.807) is 30.3 Å². The zero-order valence-electron chi connectivity index (χ0n) is 23.9. The maximum atomic E-state index is 13.7. The van der Waals surface area contributed by atoms with E-state index in [1.807, 2.05) is 0 Å². The average molecular weight is 595 g/mol. The molecule has 5 rings (SSSR count). The first-order valence-electron chi connectivity index (χ1n) is 14.1. The van der Waals surface area contributed by atoms with Crippen molar-refractivity contribution in [3.8, 4) is 23.0 Å². The minimum absolute atomic E-state index is 0.0168. The van der Waals surface area contributed by atoms with Crippen LogP contribution in [-0.4, -0.2) is 84.3 Å². The van der Waals surface area contributed by atoms with Crippen LogP contribution in [0.2, 0.25) is 0 Å². The number of hydrogen-bond donors (Lipinski definition) is 3. The number of rotatable bonds is 12. The Morgan fingerprint density at radius 1 is 1.14 bits per heavy atom. The lowest BCUT2D eigenvalue weighted by molar-refractivity contribution is -0.138. The van der Waals surface area contributed by atoms with E-state index < -0.39 is 30.1 Å². The highest BCUT2D eigenvalue weighted by Crippen LogP contribution is 2.51. The SMILES string of the molecule is COc1cc(C=O)cc2c1O[C@@H]1[C@@H](O)[C@H](N(Cc3ccc4c(c3)OCO4)C(=O)CCCC(C)=O)C=C(C(=O)NCCO)[C@H]21. The topological polar surface area (TPSA) is 161 Å². The standard InChI is InChI=1S/C31H34N2O10/c1-17(36)4-3-5-26(37)33(14-18-6-7-23-24(11-18)42-16-41-23)22-13-21(31(39)32-8-9-34)27-20-10-19(15-35)12-25(40-2)29(20)43-30(27)28(22)38/h6-7,10-13,15,22,27-28,30,34,38H,3-5,8-9,14,16H2,1-2H3,(H,32,39)/t22-,27+,28+,30+/m1/s1. The molecule has 2 aromatic carbocycles. The van der Waals surface area contributed by atoms with E-state index in [-0.39, 0.29) is 62.3 Å². The van der Waals surface area contributed by atoms with E-state index in [1.165, 1.54) is 25.0 Å². The van der Waals surface area contributed by atoms with Crippen molar-refractivity contribution >= 4 is 23.9 Å². The number of hydrogen-bond acceptors (Lipinski definition) is 10. The number of ether oxygens (including phenoxy) is 4. The monoisotopic (exact) mass is 594 g/mol. The zero-order chi connectivity index (χ0) is 30.7. The van der Waals surface area contributed by atoms with Gasteiger partial charge in [0.05, 0.1) is 25.7 Å². The summed E-state index contributed by atoms with van der Waals surface area (Å²) in [6, 6.07) is 7.37. The van der Waals surface area contributed by atoms with Gasteiger partial charge in [0.1, 0.15) is 24.3 Å². The third-order valence-corrected chi connectivity index (χ3v) is 7.80. The molecule has 2 aliphatic heterocycles. The zero-order valence-corrected chi connectivity index (χ0v) is 23.9. The highest BCUT2D eigenvalue weighted by molar-refractivity contribution is 5.96. The third-order valence-electron chi connectivity index (χ3n) is 7.80. The molecule has 0 aromatic heterocycles. The summed E-state index contributed by atoms with van der Waals surface area (Å²) in [5, 5.41) is 23.8. The van der Waals surface area contributed by atoms with Gasteiger partial charge in [-0.25, -0.2) is 0 Å². The van der Waals surface area contributed by atoms with Crippen molar-refractivity contribution in [3.05, 3.63) is 58.7 Å². The summed E-state index contributed by atoms with van der Waals surface area (Å²) in [5.74, 6) is -0.00793. The molecule has 2 heterocycles. The molecular formula is C31H34N2O10. The maximum Gasteiger partial charge on any atom is 0.247 e. The second-order valence-electron chi connectivity index (χ2n) is 10.7. The fourth-order valence-electron chi connectivity index (χ4n) is 5.79. The van der Waals surface area contributed by atoms with Crippen molar-refractivity contribution in [2.24, 2.45) is 0 Å². The molecule has 43 heavy (non-hydrogen) atoms. The van der Waals surface area contributed by atoms with Crippen LogP contribution in [-0.2, 0) is 20.9 Å². The predicted octanol–water partition coefficient (Wildman–Crippen LogP) is 1.65. The highest BCUT2D eigenvalue weighted by Gasteiger charge is 2.51. The van der Waals surface area contributed by atoms with Gasteiger partial charge in [-0.3, -0.25) is 14.4 Å². The summed E-state index contributed by atoms with van der Waals surface area (Å²) in [6.07, 6.45) is 0.499. The van der Waals surface area contributed by atoms with Crippen LogP contribution < -0.4 is 24.3 Å². The summed E-state index contributed by atoms with van der Waals surface area (Å²) < 4.78 is 22.6. The van der Waals surface area contributed by atoms with Gasteiger partial charge < -0.3 is 44.2 Å². The van der Waals surface area contributed by atoms with Gasteiger partial charge >= 0.3 is 0 Å². The smallest absolute Gasteiger partial charge is 0.247 e. The van der Waals surface area contributed by atoms with Crippen molar-refractivity contribution in [1.29, 1.82) is 0 Å². The molecule has 0 bridgehead atoms. The number of fused-ring (bicyclic) bond motifs is 4. The van der Waals surface area contributed by atoms with Crippen molar-refractivity contribution < 1.29 is 48.3 Å². The van der Waals surface area contributed by atoms with Crippen LogP contribution in [0, 0.1) is 0 Å². The van der Waals surface area contributed by atoms with E-state index in [0.717, 1.165) is 0 Å². The number of ketones is 1. The van der Waals surface area contributed by atoms with E-state index in [0.29, 0.717) is 46.6 Å². The van der Waals surface area contributed by atoms with Crippen molar-refractivity contribution in [2.45, 2.75) is 56.9 Å². The predicted molar refractivity (Wildman–Crippen MR) is 151 cm³/mol. The average Bonchev–Trinajstić information content (AvgIpc) is 3.63. The van der Waals surface area contributed by atoms with Gasteiger partial charge in [-0.05, 0) is 49.2 Å². The first-order chi connectivity index (χ1) is 20.7. The molecule has 12 heteroatoms. The molecule has 12 nitrogen and oxygen atoms in total. The number of aliphatic hydroxyl groups is 2. The van der Waals surface area contributed by atoms with Crippen LogP contribution in [0.15, 0.2) is 42.0 Å². The van der Waals surface area contributed by atoms with Gasteiger partial charge in [0, 0.05) is 42.6 Å². The van der Waals surface area contributed by atoms with Gasteiger partial charge in [-0.2, -0.15) is 0 Å². The van der Waals surface area contributed by atoms with Crippen LogP contribution in [0.3, 0.4) is 0 Å². The number of aldehydes is 1. The fraction of sp³-hybridized carbons (Fsp3) is 0.419. The molecule has 1 aliphatic carbocycles. The first kappa shape index (κ1) is 30.1. The lowest BCUT2D eigenvalue weighted by Crippen LogP contribution is -2.55. The molecule has 0 radical (unpaired) electrons. The Bertz CT molecular complexity index is 1450. The lowest BCUT2D eigenvalue weighted by atomic mass is 9.77. The molecule has 0 saturated heterocycles. The molecule has 3 N–H and O–H groups in total. The molecule has 2 aromatic rings. The Balaban J connectivity index is 1.56. The molecule has 0 fully saturated rings. The summed E-state index contributed by atoms with van der Waals surface area (Å²) >= 11 is 0. The van der Waals surface area contributed by atoms with Crippen LogP contribution in [0.5, 0.6) is 23.0 Å². The van der Waals surface area contributed by atoms with Crippen molar-refractivity contribution in [2.75, 3.05) is 27.1 Å². The number of amides is 2. The minimum atomic E-state index is -1.29. The van der Waals surface area contributed by atoms with Crippen LogP contribution >= 0.6 is 0 Å². The number of methoxy groups -OCH3 is 1. The number of nitrogens with zero attached hydrogens (tertiary/aromatic N) is 1. The Kier molecular flexibility index (Phi) is 8.97. The van der Waals surface area contributed by atoms with Crippen LogP contribution in [0.4, 0.5) is 0 Å². The van der Waals surface area contributed by atoms with E-state index in [9.17, 15) is 29.4 Å². The summed E-state index contributed by atoms with van der Waals surface area (Å²) in [5.41, 5.74) is 1.71. The van der Waals surface area contributed by atoms with Gasteiger partial charge in [0.25, 0.3) is 0 Å². The number of nitrogens with one attached hydrogen (secondary N) is 1. The fourth-order valence-corrected chi connectivity index (χ4v) is 5.79. The summed E-state index contributed by atoms with van der Waals surface area (Å²) in [4.78, 5) is 52.0. The molecule has 228 valence electrons. The number of Topliss-reactive ketones (excluding diaryl/α,β-unsaturated/α-hetero) is 1. The summed E-state index contributed by atoms with van der Waals surface area (Å²) in [7, 11) is 1.42. The van der Waals surface area contributed by atoms with Gasteiger partial charge in [-0.15, -0.1) is 0 Å². The van der Waals surface area contributed by atoms with Crippen molar-refractivity contribution in [3.63, 3.8) is 0 Å². The molecule has 0 unspecified atom stereocenters. The largest absolute Gasteiger partial charge is 0.493 e. The van der Waals surface area contributed by atoms with Crippen LogP contribution in [0.1, 0.15) is 53.6 Å². The molecule has 2 amide bonds. The van der Waals surface area contributed by atoms with Crippen molar-refractivity contribution in [1.82, 2.24) is 10.2 Å². The van der Waals surface area contributed by atoms with Crippen LogP contribution in [0.25, 0.3) is 0 Å².